The maximum atomic E-state index is 12.3. The Morgan fingerprint density at radius 3 is 0.956 bits per heavy atom. The summed E-state index contributed by atoms with van der Waals surface area (Å²) in [6.07, 6.45) is -8.49. The largest absolute Gasteiger partial charge is 0.454 e. The zero-order chi connectivity index (χ0) is 34.2. The van der Waals surface area contributed by atoms with Crippen molar-refractivity contribution in [3.8, 4) is 0 Å². The molecule has 11 heteroatoms. The third kappa shape index (κ3) is 13.1. The summed E-state index contributed by atoms with van der Waals surface area (Å²) in [5.74, 6) is -2.85. The van der Waals surface area contributed by atoms with Crippen molar-refractivity contribution < 1.29 is 52.4 Å². The number of carbonyl (C=O) groups is 2. The summed E-state index contributed by atoms with van der Waals surface area (Å²) in [6, 6.07) is 11.6. The van der Waals surface area contributed by atoms with Gasteiger partial charge in [0.1, 0.15) is 0 Å². The minimum atomic E-state index is -4.85. The quantitative estimate of drug-likeness (QED) is 0.149. The van der Waals surface area contributed by atoms with Crippen LogP contribution in [0.2, 0.25) is 0 Å². The second kappa shape index (κ2) is 17.6. The maximum absolute atomic E-state index is 12.3. The van der Waals surface area contributed by atoms with Crippen LogP contribution in [0.3, 0.4) is 0 Å². The van der Waals surface area contributed by atoms with E-state index in [-0.39, 0.29) is 51.6 Å². The van der Waals surface area contributed by atoms with Crippen LogP contribution in [0.5, 0.6) is 0 Å². The molecule has 0 bridgehead atoms. The molecule has 254 valence electrons. The fourth-order valence-corrected chi connectivity index (χ4v) is 4.41. The van der Waals surface area contributed by atoms with Gasteiger partial charge in [0.25, 0.3) is 11.6 Å². The third-order valence-corrected chi connectivity index (χ3v) is 6.64. The van der Waals surface area contributed by atoms with Crippen molar-refractivity contribution in [2.75, 3.05) is 10.6 Å². The molecule has 45 heavy (non-hydrogen) atoms. The van der Waals surface area contributed by atoms with Gasteiger partial charge in [-0.15, -0.1) is 0 Å². The number of anilines is 2. The topological polar surface area (TPSA) is 58.2 Å². The molecule has 0 saturated carbocycles. The van der Waals surface area contributed by atoms with E-state index in [9.17, 15) is 35.9 Å². The summed E-state index contributed by atoms with van der Waals surface area (Å²) >= 11 is 0. The molecule has 0 aliphatic carbocycles. The average Bonchev–Trinajstić information content (AvgIpc) is 2.87. The number of alkyl halides is 6. The first-order valence-electron chi connectivity index (χ1n) is 14.5. The standard InChI is InChI=1S/2C17H22F3NO.Ni/c2*1-10(2)13-7-6-8-14(11(3)4)16(13)21-12(5)9-15(22)17(18,19)20;/h2*6-11,21H,1-5H3;/b2*12-9-;. The van der Waals surface area contributed by atoms with E-state index in [1.165, 1.54) is 13.8 Å². The summed E-state index contributed by atoms with van der Waals surface area (Å²) in [5.41, 5.74) is 5.98. The van der Waals surface area contributed by atoms with E-state index in [4.69, 9.17) is 0 Å². The van der Waals surface area contributed by atoms with E-state index >= 15 is 0 Å². The fourth-order valence-electron chi connectivity index (χ4n) is 4.41. The molecule has 0 aliphatic heterocycles. The molecule has 0 aromatic heterocycles. The van der Waals surface area contributed by atoms with Crippen molar-refractivity contribution in [2.24, 2.45) is 0 Å². The molecule has 0 aliphatic rings. The van der Waals surface area contributed by atoms with Gasteiger partial charge in [-0.1, -0.05) is 91.8 Å². The molecule has 0 heterocycles. The predicted octanol–water partition coefficient (Wildman–Crippen LogP) is 10.8. The number of para-hydroxylation sites is 2. The van der Waals surface area contributed by atoms with Gasteiger partial charge in [-0.25, -0.2) is 0 Å². The Labute approximate surface area is 273 Å². The molecule has 0 saturated heterocycles. The Bertz CT molecular complexity index is 1200. The van der Waals surface area contributed by atoms with Crippen molar-refractivity contribution >= 4 is 22.9 Å². The van der Waals surface area contributed by atoms with Crippen LogP contribution in [0, 0.1) is 0 Å². The molecule has 0 atom stereocenters. The summed E-state index contributed by atoms with van der Waals surface area (Å²) in [4.78, 5) is 22.1. The van der Waals surface area contributed by atoms with Crippen LogP contribution in [0.1, 0.15) is 115 Å². The SMILES string of the molecule is C/C(=C/C(=O)C(F)(F)F)Nc1c(C(C)C)cccc1C(C)C.C/C(=C/C(=O)C(F)(F)F)Nc1c(C(C)C)cccc1C(C)C.[Ni]. The third-order valence-electron chi connectivity index (χ3n) is 6.64. The zero-order valence-corrected chi connectivity index (χ0v) is 28.3. The number of rotatable bonds is 10. The second-order valence-corrected chi connectivity index (χ2v) is 11.9. The molecule has 0 radical (unpaired) electrons. The molecule has 0 spiro atoms. The van der Waals surface area contributed by atoms with Crippen LogP contribution in [-0.4, -0.2) is 23.9 Å². The van der Waals surface area contributed by atoms with E-state index in [1.54, 1.807) is 0 Å². The summed E-state index contributed by atoms with van der Waals surface area (Å²) < 4.78 is 74.0. The summed E-state index contributed by atoms with van der Waals surface area (Å²) in [6.45, 7) is 19.1. The van der Waals surface area contributed by atoms with Gasteiger partial charge in [-0.05, 0) is 59.8 Å². The number of benzene rings is 2. The predicted molar refractivity (Wildman–Crippen MR) is 166 cm³/mol. The van der Waals surface area contributed by atoms with Gasteiger partial charge >= 0.3 is 12.4 Å². The first-order chi connectivity index (χ1) is 20.1. The van der Waals surface area contributed by atoms with Crippen molar-refractivity contribution in [2.45, 2.75) is 105 Å². The van der Waals surface area contributed by atoms with Crippen LogP contribution in [0.25, 0.3) is 0 Å². The van der Waals surface area contributed by atoms with Crippen LogP contribution in [0.15, 0.2) is 59.9 Å². The molecule has 2 aromatic carbocycles. The van der Waals surface area contributed by atoms with Crippen molar-refractivity contribution in [3.63, 3.8) is 0 Å². The molecule has 4 nitrogen and oxygen atoms in total. The number of halogens is 6. The van der Waals surface area contributed by atoms with Gasteiger partial charge in [0, 0.05) is 51.4 Å². The minimum Gasteiger partial charge on any atom is -0.359 e. The molecule has 2 rings (SSSR count). The second-order valence-electron chi connectivity index (χ2n) is 11.9. The van der Waals surface area contributed by atoms with Gasteiger partial charge in [-0.3, -0.25) is 9.59 Å². The van der Waals surface area contributed by atoms with E-state index < -0.39 is 23.9 Å². The normalized spacial score (nSPS) is 12.6. The molecule has 2 N–H and O–H groups in total. The number of hydrogen-bond donors (Lipinski definition) is 2. The molecular weight excluding hydrogens is 641 g/mol. The molecular formula is C34H44F6N2NiO2. The number of ketones is 2. The van der Waals surface area contributed by atoms with E-state index in [0.29, 0.717) is 12.2 Å². The smallest absolute Gasteiger partial charge is 0.359 e. The van der Waals surface area contributed by atoms with Crippen LogP contribution < -0.4 is 10.6 Å². The first kappa shape index (κ1) is 41.9. The number of allylic oxidation sites excluding steroid dienone is 4. The first-order valence-corrected chi connectivity index (χ1v) is 14.5. The van der Waals surface area contributed by atoms with Gasteiger partial charge in [-0.2, -0.15) is 26.3 Å². The molecule has 0 unspecified atom stereocenters. The van der Waals surface area contributed by atoms with Crippen molar-refractivity contribution in [1.82, 2.24) is 0 Å². The molecule has 0 amide bonds. The van der Waals surface area contributed by atoms with Crippen molar-refractivity contribution in [1.29, 1.82) is 0 Å². The minimum absolute atomic E-state index is 0. The van der Waals surface area contributed by atoms with E-state index in [0.717, 1.165) is 33.6 Å². The Morgan fingerprint density at radius 1 is 0.556 bits per heavy atom. The number of hydrogen-bond acceptors (Lipinski definition) is 4. The Kier molecular flexibility index (Phi) is 16.4. The Morgan fingerprint density at radius 2 is 0.778 bits per heavy atom. The van der Waals surface area contributed by atoms with E-state index in [1.807, 2.05) is 91.8 Å². The van der Waals surface area contributed by atoms with Gasteiger partial charge in [0.15, 0.2) is 0 Å². The van der Waals surface area contributed by atoms with Crippen LogP contribution >= 0.6 is 0 Å². The number of nitrogens with one attached hydrogen (secondary N) is 2. The van der Waals surface area contributed by atoms with Gasteiger partial charge in [0.05, 0.1) is 0 Å². The number of carbonyl (C=O) groups excluding carboxylic acids is 2. The van der Waals surface area contributed by atoms with Gasteiger partial charge < -0.3 is 10.6 Å². The average molecular weight is 685 g/mol. The summed E-state index contributed by atoms with van der Waals surface area (Å²) in [5, 5.41) is 5.97. The monoisotopic (exact) mass is 684 g/mol. The van der Waals surface area contributed by atoms with Crippen molar-refractivity contribution in [3.05, 3.63) is 82.2 Å². The van der Waals surface area contributed by atoms with Crippen LogP contribution in [-0.2, 0) is 26.1 Å². The Hall–Kier alpha value is -3.07. The van der Waals surface area contributed by atoms with Crippen LogP contribution in [0.4, 0.5) is 37.7 Å². The molecule has 0 fully saturated rings. The zero-order valence-electron chi connectivity index (χ0n) is 27.3. The molecule has 2 aromatic rings. The Balaban J connectivity index is 0.000000842. The fraction of sp³-hybridized carbons (Fsp3) is 0.471. The van der Waals surface area contributed by atoms with Gasteiger partial charge in [0.2, 0.25) is 0 Å². The maximum Gasteiger partial charge on any atom is 0.454 e. The van der Waals surface area contributed by atoms with E-state index in [2.05, 4.69) is 10.6 Å². The summed E-state index contributed by atoms with van der Waals surface area (Å²) in [7, 11) is 0.